The quantitative estimate of drug-likeness (QED) is 0.334. The highest BCUT2D eigenvalue weighted by atomic mass is 35.5. The molecular formula is C28H25ClN2O3. The second-order valence-electron chi connectivity index (χ2n) is 7.87. The minimum Gasteiger partial charge on any atom is -0.484 e. The fourth-order valence-electron chi connectivity index (χ4n) is 3.77. The minimum atomic E-state index is -0.294. The number of nitrogens with zero attached hydrogens (tertiary/aromatic N) is 1. The summed E-state index contributed by atoms with van der Waals surface area (Å²) in [4.78, 5) is 27.3. The Balaban J connectivity index is 1.42. The molecular weight excluding hydrogens is 448 g/mol. The van der Waals surface area contributed by atoms with Crippen LogP contribution in [0.5, 0.6) is 5.75 Å². The van der Waals surface area contributed by atoms with E-state index in [1.165, 1.54) is 0 Å². The minimum absolute atomic E-state index is 0.0989. The van der Waals surface area contributed by atoms with E-state index in [4.69, 9.17) is 16.3 Å². The topological polar surface area (TPSA) is 58.6 Å². The monoisotopic (exact) mass is 472 g/mol. The number of carbonyl (C=O) groups excluding carboxylic acids is 2. The zero-order chi connectivity index (χ0) is 24.1. The van der Waals surface area contributed by atoms with Crippen molar-refractivity contribution in [2.45, 2.75) is 13.8 Å². The van der Waals surface area contributed by atoms with Crippen molar-refractivity contribution in [1.29, 1.82) is 0 Å². The molecule has 1 N–H and O–H groups in total. The zero-order valence-electron chi connectivity index (χ0n) is 19.0. The fraction of sp³-hybridized carbons (Fsp3) is 0.143. The molecule has 5 nitrogen and oxygen atoms in total. The average Bonchev–Trinajstić information content (AvgIpc) is 2.86. The molecule has 4 aromatic carbocycles. The summed E-state index contributed by atoms with van der Waals surface area (Å²) in [5.41, 5.74) is 2.88. The van der Waals surface area contributed by atoms with Crippen LogP contribution in [0.25, 0.3) is 10.8 Å². The molecule has 4 aromatic rings. The SMILES string of the molecule is CCN(C(=O)c1ccc(NC(=O)COc2ccc(Cl)c(C)c2)cc1)c1cccc2ccccc12. The number of anilines is 2. The number of aryl methyl sites for hydroxylation is 1. The first-order valence-electron chi connectivity index (χ1n) is 11.0. The second-order valence-corrected chi connectivity index (χ2v) is 8.28. The molecule has 0 aliphatic rings. The van der Waals surface area contributed by atoms with E-state index in [0.717, 1.165) is 22.0 Å². The Bertz CT molecular complexity index is 1330. The van der Waals surface area contributed by atoms with Gasteiger partial charge in [0.25, 0.3) is 11.8 Å². The van der Waals surface area contributed by atoms with Crippen LogP contribution >= 0.6 is 11.6 Å². The van der Waals surface area contributed by atoms with Crippen LogP contribution in [-0.2, 0) is 4.79 Å². The van der Waals surface area contributed by atoms with Gasteiger partial charge in [-0.1, -0.05) is 48.0 Å². The molecule has 0 saturated heterocycles. The predicted octanol–water partition coefficient (Wildman–Crippen LogP) is 6.49. The number of hydrogen-bond donors (Lipinski definition) is 1. The Hall–Kier alpha value is -3.83. The molecule has 0 aliphatic heterocycles. The van der Waals surface area contributed by atoms with Crippen LogP contribution in [0.15, 0.2) is 84.9 Å². The number of nitrogens with one attached hydrogen (secondary N) is 1. The first-order chi connectivity index (χ1) is 16.5. The van der Waals surface area contributed by atoms with Crippen molar-refractivity contribution in [2.75, 3.05) is 23.4 Å². The van der Waals surface area contributed by atoms with Crippen LogP contribution in [0.2, 0.25) is 5.02 Å². The van der Waals surface area contributed by atoms with Crippen molar-refractivity contribution in [3.8, 4) is 5.75 Å². The maximum Gasteiger partial charge on any atom is 0.262 e. The summed E-state index contributed by atoms with van der Waals surface area (Å²) in [5, 5.41) is 5.55. The molecule has 4 rings (SSSR count). The molecule has 0 radical (unpaired) electrons. The first kappa shape index (κ1) is 23.3. The summed E-state index contributed by atoms with van der Waals surface area (Å²) in [6.45, 7) is 4.23. The fourth-order valence-corrected chi connectivity index (χ4v) is 3.89. The number of amides is 2. The maximum atomic E-state index is 13.3. The lowest BCUT2D eigenvalue weighted by Crippen LogP contribution is -2.30. The standard InChI is InChI=1S/C28H25ClN2O3/c1-3-31(26-10-6-8-20-7-4-5-9-24(20)26)28(33)21-11-13-22(14-12-21)30-27(32)18-34-23-15-16-25(29)19(2)17-23/h4-17H,3,18H2,1-2H3,(H,30,32). The molecule has 0 fully saturated rings. The van der Waals surface area contributed by atoms with Gasteiger partial charge in [0.1, 0.15) is 5.75 Å². The molecule has 6 heteroatoms. The highest BCUT2D eigenvalue weighted by Gasteiger charge is 2.18. The number of halogens is 1. The van der Waals surface area contributed by atoms with Crippen molar-refractivity contribution < 1.29 is 14.3 Å². The Kier molecular flexibility index (Phi) is 7.14. The van der Waals surface area contributed by atoms with E-state index in [1.54, 1.807) is 47.4 Å². The van der Waals surface area contributed by atoms with Gasteiger partial charge in [0.05, 0.1) is 5.69 Å². The predicted molar refractivity (Wildman–Crippen MR) is 138 cm³/mol. The van der Waals surface area contributed by atoms with E-state index in [0.29, 0.717) is 28.6 Å². The lowest BCUT2D eigenvalue weighted by atomic mass is 10.1. The Morgan fingerprint density at radius 1 is 0.941 bits per heavy atom. The molecule has 0 bridgehead atoms. The Morgan fingerprint density at radius 3 is 2.41 bits per heavy atom. The number of hydrogen-bond acceptors (Lipinski definition) is 3. The van der Waals surface area contributed by atoms with Gasteiger partial charge in [0.2, 0.25) is 0 Å². The summed E-state index contributed by atoms with van der Waals surface area (Å²) < 4.78 is 5.54. The van der Waals surface area contributed by atoms with Crippen LogP contribution < -0.4 is 15.0 Å². The number of ether oxygens (including phenoxy) is 1. The van der Waals surface area contributed by atoms with Crippen molar-refractivity contribution >= 4 is 45.6 Å². The molecule has 0 aliphatic carbocycles. The summed E-state index contributed by atoms with van der Waals surface area (Å²) >= 11 is 6.01. The molecule has 34 heavy (non-hydrogen) atoms. The van der Waals surface area contributed by atoms with Crippen molar-refractivity contribution in [2.24, 2.45) is 0 Å². The van der Waals surface area contributed by atoms with Gasteiger partial charge in [-0.05, 0) is 73.3 Å². The van der Waals surface area contributed by atoms with Crippen molar-refractivity contribution in [1.82, 2.24) is 0 Å². The van der Waals surface area contributed by atoms with E-state index in [2.05, 4.69) is 5.32 Å². The zero-order valence-corrected chi connectivity index (χ0v) is 19.8. The van der Waals surface area contributed by atoms with Gasteiger partial charge in [0.15, 0.2) is 6.61 Å². The third-order valence-corrected chi connectivity index (χ3v) is 5.96. The van der Waals surface area contributed by atoms with Crippen molar-refractivity contribution in [3.63, 3.8) is 0 Å². The molecule has 0 heterocycles. The van der Waals surface area contributed by atoms with E-state index >= 15 is 0 Å². The Morgan fingerprint density at radius 2 is 1.68 bits per heavy atom. The molecule has 0 aromatic heterocycles. The summed E-state index contributed by atoms with van der Waals surface area (Å²) in [5.74, 6) is 0.182. The molecule has 2 amide bonds. The number of rotatable bonds is 7. The normalized spacial score (nSPS) is 10.7. The smallest absolute Gasteiger partial charge is 0.262 e. The highest BCUT2D eigenvalue weighted by molar-refractivity contribution is 6.31. The van der Waals surface area contributed by atoms with E-state index in [-0.39, 0.29) is 18.4 Å². The van der Waals surface area contributed by atoms with Crippen molar-refractivity contribution in [3.05, 3.63) is 101 Å². The second kappa shape index (κ2) is 10.4. The Labute approximate surface area is 203 Å². The summed E-state index contributed by atoms with van der Waals surface area (Å²) in [6.07, 6.45) is 0. The summed E-state index contributed by atoms with van der Waals surface area (Å²) in [7, 11) is 0. The van der Waals surface area contributed by atoms with Gasteiger partial charge in [-0.2, -0.15) is 0 Å². The van der Waals surface area contributed by atoms with Crippen LogP contribution in [0.1, 0.15) is 22.8 Å². The molecule has 0 atom stereocenters. The molecule has 0 saturated carbocycles. The first-order valence-corrected chi connectivity index (χ1v) is 11.4. The van der Waals surface area contributed by atoms with E-state index < -0.39 is 0 Å². The van der Waals surface area contributed by atoms with Gasteiger partial charge >= 0.3 is 0 Å². The number of carbonyl (C=O) groups is 2. The van der Waals surface area contributed by atoms with Gasteiger partial charge in [-0.25, -0.2) is 0 Å². The number of benzene rings is 4. The van der Waals surface area contributed by atoms with Crippen LogP contribution in [0, 0.1) is 6.92 Å². The molecule has 0 spiro atoms. The molecule has 172 valence electrons. The van der Waals surface area contributed by atoms with Crippen LogP contribution in [0.3, 0.4) is 0 Å². The van der Waals surface area contributed by atoms with Crippen LogP contribution in [-0.4, -0.2) is 25.0 Å². The molecule has 0 unspecified atom stereocenters. The summed E-state index contributed by atoms with van der Waals surface area (Å²) in [6, 6.07) is 26.1. The van der Waals surface area contributed by atoms with Gasteiger partial charge in [0, 0.05) is 28.2 Å². The van der Waals surface area contributed by atoms with Gasteiger partial charge < -0.3 is 15.0 Å². The lowest BCUT2D eigenvalue weighted by molar-refractivity contribution is -0.118. The van der Waals surface area contributed by atoms with E-state index in [9.17, 15) is 9.59 Å². The third-order valence-electron chi connectivity index (χ3n) is 5.53. The van der Waals surface area contributed by atoms with Gasteiger partial charge in [-0.3, -0.25) is 9.59 Å². The van der Waals surface area contributed by atoms with Crippen LogP contribution in [0.4, 0.5) is 11.4 Å². The lowest BCUT2D eigenvalue weighted by Gasteiger charge is -2.23. The highest BCUT2D eigenvalue weighted by Crippen LogP contribution is 2.28. The number of fused-ring (bicyclic) bond motifs is 1. The van der Waals surface area contributed by atoms with Gasteiger partial charge in [-0.15, -0.1) is 0 Å². The maximum absolute atomic E-state index is 13.3. The largest absolute Gasteiger partial charge is 0.484 e. The van der Waals surface area contributed by atoms with E-state index in [1.807, 2.05) is 56.3 Å². The average molecular weight is 473 g/mol. The third kappa shape index (κ3) is 5.21.